The highest BCUT2D eigenvalue weighted by Crippen LogP contribution is 2.58. The summed E-state index contributed by atoms with van der Waals surface area (Å²) in [4.78, 5) is 33.9. The molecule has 21 heteroatoms. The van der Waals surface area contributed by atoms with Gasteiger partial charge in [0.2, 0.25) is 0 Å². The summed E-state index contributed by atoms with van der Waals surface area (Å²) in [6, 6.07) is 4.59. The molecule has 824 valence electrons. The summed E-state index contributed by atoms with van der Waals surface area (Å²) in [6.45, 7) is 131. The maximum atomic E-state index is 13.5. The summed E-state index contributed by atoms with van der Waals surface area (Å²) in [7, 11) is 1.50. The Labute approximate surface area is 857 Å². The van der Waals surface area contributed by atoms with E-state index in [4.69, 9.17) is 30.5 Å². The number of fused-ring (bicyclic) bond motifs is 2. The molecule has 0 aromatic heterocycles. The molecule has 0 bridgehead atoms. The zero-order valence-corrected chi connectivity index (χ0v) is 102. The minimum absolute atomic E-state index is 0.000000000000000444. The summed E-state index contributed by atoms with van der Waals surface area (Å²) in [5.74, 6) is 0.500. The second-order valence-corrected chi connectivity index (χ2v) is 62.7. The Bertz CT molecular complexity index is 3350. The predicted octanol–water partition coefficient (Wildman–Crippen LogP) is 30.5. The molecule has 14 nitrogen and oxygen atoms in total. The van der Waals surface area contributed by atoms with Gasteiger partial charge < -0.3 is 23.8 Å². The van der Waals surface area contributed by atoms with E-state index in [-0.39, 0.29) is 91.9 Å². The van der Waals surface area contributed by atoms with Gasteiger partial charge in [-0.15, -0.1) is 11.6 Å². The van der Waals surface area contributed by atoms with Gasteiger partial charge in [0.05, 0.1) is 40.7 Å². The molecule has 11 aliphatic heterocycles. The Morgan fingerprint density at radius 1 is 0.304 bits per heavy atom. The topological polar surface area (TPSA) is 83.2 Å². The van der Waals surface area contributed by atoms with Crippen molar-refractivity contribution in [2.75, 3.05) is 87.5 Å². The van der Waals surface area contributed by atoms with Crippen LogP contribution in [0, 0.1) is 72.4 Å². The van der Waals surface area contributed by atoms with Crippen LogP contribution in [0.15, 0.2) is 0 Å². The van der Waals surface area contributed by atoms with Crippen LogP contribution in [0.3, 0.4) is 0 Å². The largest absolute Gasteiger partial charge is 0.332 e. The highest BCUT2D eigenvalue weighted by atomic mass is 35.5. The Kier molecular flexibility index (Phi) is 46.2. The van der Waals surface area contributed by atoms with E-state index in [9.17, 15) is 31.1 Å². The molecular weight excluding hydrogens is 1760 g/mol. The number of halogens is 7. The predicted molar refractivity (Wildman–Crippen MR) is 582 cm³/mol. The van der Waals surface area contributed by atoms with Crippen LogP contribution in [-0.2, 0) is 23.7 Å². The molecule has 11 saturated heterocycles. The third kappa shape index (κ3) is 37.2. The zero-order chi connectivity index (χ0) is 109. The van der Waals surface area contributed by atoms with Crippen LogP contribution in [-0.4, -0.2) is 271 Å². The van der Waals surface area contributed by atoms with Crippen molar-refractivity contribution in [1.29, 1.82) is 0 Å². The quantitative estimate of drug-likeness (QED) is 0.171. The molecule has 0 N–H and O–H groups in total. The van der Waals surface area contributed by atoms with Crippen molar-refractivity contribution in [3.8, 4) is 0 Å². The zero-order valence-electron chi connectivity index (χ0n) is 102. The molecule has 13 aliphatic rings. The van der Waals surface area contributed by atoms with Gasteiger partial charge in [-0.3, -0.25) is 57.2 Å². The van der Waals surface area contributed by atoms with Gasteiger partial charge in [-0.1, -0.05) is 193 Å². The number of amides is 1. The summed E-state index contributed by atoms with van der Waals surface area (Å²) in [5.41, 5.74) is 3.82. The van der Waals surface area contributed by atoms with Crippen molar-refractivity contribution in [3.05, 3.63) is 0 Å². The molecule has 13 rings (SSSR count). The van der Waals surface area contributed by atoms with Gasteiger partial charge in [0.25, 0.3) is 11.8 Å². The maximum Gasteiger partial charge on any atom is 0.262 e. The number of ether oxygens (including phenoxy) is 4. The lowest BCUT2D eigenvalue weighted by Gasteiger charge is -2.52. The Morgan fingerprint density at radius 3 is 0.913 bits per heavy atom. The number of rotatable bonds is 0. The van der Waals surface area contributed by atoms with Gasteiger partial charge >= 0.3 is 0 Å². The second kappa shape index (κ2) is 48.0. The Balaban J connectivity index is 0.000000522. The van der Waals surface area contributed by atoms with Gasteiger partial charge in [0, 0.05) is 155 Å². The van der Waals surface area contributed by atoms with Crippen molar-refractivity contribution in [1.82, 2.24) is 44.1 Å². The molecule has 15 unspecified atom stereocenters. The van der Waals surface area contributed by atoms with Crippen molar-refractivity contribution < 1.29 is 50.1 Å². The second-order valence-electron chi connectivity index (χ2n) is 62.1. The van der Waals surface area contributed by atoms with Crippen LogP contribution in [0.4, 0.5) is 26.3 Å². The minimum Gasteiger partial charge on any atom is -0.332 e. The lowest BCUT2D eigenvalue weighted by Crippen LogP contribution is -2.63. The maximum absolute atomic E-state index is 13.5. The first-order valence-electron chi connectivity index (χ1n) is 54.1. The molecular formula is C117H232ClF6N9O5. The molecule has 0 aromatic rings. The molecule has 11 heterocycles. The van der Waals surface area contributed by atoms with E-state index in [0.717, 1.165) is 86.7 Å². The highest BCUT2D eigenvalue weighted by molar-refractivity contribution is 6.21. The van der Waals surface area contributed by atoms with E-state index in [2.05, 4.69) is 346 Å². The Hall–Kier alpha value is -1.14. The number of hydrogen-bond acceptors (Lipinski definition) is 13. The molecule has 2 saturated carbocycles. The number of carbonyl (C=O) groups is 1. The highest BCUT2D eigenvalue weighted by Gasteiger charge is 2.63. The molecule has 0 radical (unpaired) electrons. The fraction of sp³-hybridized carbons (Fsp3) is 0.991. The lowest BCUT2D eigenvalue weighted by atomic mass is 9.77. The smallest absolute Gasteiger partial charge is 0.262 e. The summed E-state index contributed by atoms with van der Waals surface area (Å²) in [5, 5.41) is 0.332. The normalized spacial score (nSPS) is 29.8. The third-order valence-electron chi connectivity index (χ3n) is 31.5. The van der Waals surface area contributed by atoms with E-state index in [1.54, 1.807) is 4.90 Å². The number of alkyl halides is 7. The van der Waals surface area contributed by atoms with E-state index < -0.39 is 12.1 Å². The first kappa shape index (κ1) is 133. The van der Waals surface area contributed by atoms with E-state index in [1.165, 1.54) is 77.5 Å². The van der Waals surface area contributed by atoms with E-state index in [0.29, 0.717) is 114 Å². The Morgan fingerprint density at radius 2 is 0.645 bits per heavy atom. The number of likely N-dealkylation sites (tertiary alicyclic amines) is 9. The van der Waals surface area contributed by atoms with Crippen molar-refractivity contribution in [2.24, 2.45) is 72.4 Å². The van der Waals surface area contributed by atoms with Crippen LogP contribution in [0.5, 0.6) is 0 Å². The minimum atomic E-state index is -2.52. The van der Waals surface area contributed by atoms with Crippen LogP contribution in [0.25, 0.3) is 0 Å². The molecule has 1 amide bonds. The van der Waals surface area contributed by atoms with Crippen LogP contribution >= 0.6 is 11.6 Å². The number of piperidine rings is 1. The fourth-order valence-electron chi connectivity index (χ4n) is 25.1. The SMILES string of the molecule is CC(C)(C)C1C2CC2CN1C(C)(C)C.CC(C)(C)C1C2CCCC2CN1C(C)(C)C.CC(C)(C)C1CC(Cl)CN1C(C)(C)C.CC(C)(C)C1CC(F)(F)CN1C(C)(C)C.CC(C)(C)C1CC(F)C(=O)N1C(C)(C)C.CC(C)(C)C1CC2(CN1C(C)(C)C)OCO2.CC(C)(C)C1CCCN1C(C)(C)C.CC(C)(C)C1CCCN1C(C)(C)C.CC(C)(C)C1N(C(C)(C)C)CCC12OCO2.CF.CF.CF. The van der Waals surface area contributed by atoms with Crippen molar-refractivity contribution in [2.45, 2.75) is 591 Å². The van der Waals surface area contributed by atoms with Crippen LogP contribution in [0.1, 0.15) is 457 Å². The third-order valence-corrected chi connectivity index (χ3v) is 31.8. The first-order chi connectivity index (χ1) is 61.3. The average molecular weight is 1990 g/mol. The molecule has 138 heavy (non-hydrogen) atoms. The summed E-state index contributed by atoms with van der Waals surface area (Å²) >= 11 is 6.27. The van der Waals surface area contributed by atoms with Gasteiger partial charge in [-0.25, -0.2) is 13.2 Å². The van der Waals surface area contributed by atoms with Crippen molar-refractivity contribution >= 4 is 17.5 Å². The molecule has 2 aliphatic carbocycles. The average Bonchev–Trinajstić information content (AvgIpc) is 1.56. The fourth-order valence-corrected chi connectivity index (χ4v) is 25.4. The van der Waals surface area contributed by atoms with Gasteiger partial charge in [-0.2, -0.15) is 0 Å². The van der Waals surface area contributed by atoms with Gasteiger partial charge in [0.15, 0.2) is 31.3 Å². The molecule has 2 spiro atoms. The lowest BCUT2D eigenvalue weighted by molar-refractivity contribution is -0.412. The number of nitrogens with zero attached hydrogens (tertiary/aromatic N) is 9. The standard InChI is InChI=1S/C15H29N.2C13H25NO2.C13H25N.C12H24ClN.C12H23F2N.C12H22FNO.2C12H25N.3CH3F/c1-14(2,3)13-12-9-7-8-11(12)10-16(13)15(4,5)6;1-11(2,3)10-7-13(15-9-16-13)8-14(10)12(4,5)6;1-11(2,3)10-13(15-9-16-13)7-8-14(10)12(4,5)6;1-12(2,3)11-10-7-9(10)8-14(11)13(4,5)6;1-11(2,3)10-7-9(13)8-14(10)12(4,5)6;1-10(2,3)9-7-12(13,14)8-15(9)11(4,5)6;1-11(2,3)9-7-8(13)10(15)14(9)12(4,5)6;2*1-11(2,3)10-8-7-9-13(10)12(4,5)6;3*1-2/h11-13H,7-10H2,1-6H3;2*10H,7-9H2,1-6H3;9-11H,7-8H2,1-6H3;9-10H,7-8H2,1-6H3;9H,7-8H2,1-6H3;8-9H,7H2,1-6H3;2*10H,7-9H2,1-6H3;3*1H3. The monoisotopic (exact) mass is 1990 g/mol. The molecule has 15 atom stereocenters. The van der Waals surface area contributed by atoms with Crippen LogP contribution in [0.2, 0.25) is 0 Å². The van der Waals surface area contributed by atoms with Gasteiger partial charge in [0.1, 0.15) is 0 Å². The first-order valence-corrected chi connectivity index (χ1v) is 54.5. The summed E-state index contributed by atoms with van der Waals surface area (Å²) in [6.07, 6.45) is 13.5. The van der Waals surface area contributed by atoms with Crippen LogP contribution < -0.4 is 0 Å². The van der Waals surface area contributed by atoms with Crippen molar-refractivity contribution in [3.63, 3.8) is 0 Å². The van der Waals surface area contributed by atoms with E-state index in [1.807, 2.05) is 67.2 Å². The summed E-state index contributed by atoms with van der Waals surface area (Å²) < 4.78 is 91.8. The van der Waals surface area contributed by atoms with Gasteiger partial charge in [-0.05, 0) is 324 Å². The number of hydrogen-bond donors (Lipinski definition) is 0. The van der Waals surface area contributed by atoms with E-state index >= 15 is 0 Å². The molecule has 13 fully saturated rings. The number of carbonyl (C=O) groups excluding carboxylic acids is 1. The molecule has 0 aromatic carbocycles.